The van der Waals surface area contributed by atoms with Crippen molar-refractivity contribution in [3.63, 3.8) is 0 Å². The summed E-state index contributed by atoms with van der Waals surface area (Å²) >= 11 is 0. The molecular weight excluding hydrogens is 390 g/mol. The maximum absolute atomic E-state index is 9.40. The molecule has 0 saturated heterocycles. The van der Waals surface area contributed by atoms with Crippen LogP contribution in [0.15, 0.2) is 48.5 Å². The summed E-state index contributed by atoms with van der Waals surface area (Å²) in [6.07, 6.45) is 18.2. The normalized spacial score (nSPS) is 16.5. The molecule has 0 bridgehead atoms. The third kappa shape index (κ3) is 7.50. The van der Waals surface area contributed by atoms with Gasteiger partial charge in [-0.15, -0.1) is 0 Å². The van der Waals surface area contributed by atoms with E-state index in [9.17, 15) is 10.2 Å². The average molecular weight is 413 g/mol. The summed E-state index contributed by atoms with van der Waals surface area (Å²) in [5, 5.41) is 18.8. The van der Waals surface area contributed by atoms with Crippen LogP contribution in [0.25, 0.3) is 0 Å². The van der Waals surface area contributed by atoms with Crippen LogP contribution in [0.3, 0.4) is 0 Å². The largest absolute Gasteiger partial charge is 2.00 e. The maximum Gasteiger partial charge on any atom is 2.00 e. The topological polar surface area (TPSA) is 43.7 Å². The van der Waals surface area contributed by atoms with E-state index >= 15 is 0 Å². The molecular formula is C24H23FeNO2+2. The van der Waals surface area contributed by atoms with Gasteiger partial charge in [0.15, 0.2) is 0 Å². The first kappa shape index (κ1) is 22.8. The Morgan fingerprint density at radius 3 is 1.25 bits per heavy atom. The third-order valence-corrected chi connectivity index (χ3v) is 4.19. The molecule has 3 nitrogen and oxygen atoms in total. The van der Waals surface area contributed by atoms with E-state index in [0.717, 1.165) is 30.3 Å². The van der Waals surface area contributed by atoms with Crippen LogP contribution in [0.4, 0.5) is 0 Å². The van der Waals surface area contributed by atoms with Gasteiger partial charge in [0.25, 0.3) is 0 Å². The van der Waals surface area contributed by atoms with Gasteiger partial charge in [-0.1, -0.05) is 24.3 Å². The van der Waals surface area contributed by atoms with Crippen molar-refractivity contribution in [2.75, 3.05) is 0 Å². The molecule has 28 heavy (non-hydrogen) atoms. The molecule has 2 aliphatic carbocycles. The summed E-state index contributed by atoms with van der Waals surface area (Å²) in [7, 11) is 0. The van der Waals surface area contributed by atoms with Crippen LogP contribution in [0.1, 0.15) is 11.1 Å². The Morgan fingerprint density at radius 2 is 0.893 bits per heavy atom. The number of phenolic OH excluding ortho intramolecular Hbond substituents is 2. The maximum atomic E-state index is 9.40. The van der Waals surface area contributed by atoms with Gasteiger partial charge < -0.3 is 10.2 Å². The zero-order chi connectivity index (χ0) is 18.9. The average Bonchev–Trinajstić information content (AvgIpc) is 3.41. The van der Waals surface area contributed by atoms with Gasteiger partial charge in [0.2, 0.25) is 0 Å². The first-order valence-electron chi connectivity index (χ1n) is 8.90. The van der Waals surface area contributed by atoms with E-state index in [1.54, 1.807) is 24.3 Å². The molecule has 2 N–H and O–H groups in total. The van der Waals surface area contributed by atoms with Crippen LogP contribution in [0, 0.1) is 63.8 Å². The quantitative estimate of drug-likeness (QED) is 0.711. The van der Waals surface area contributed by atoms with Crippen LogP contribution in [0.2, 0.25) is 0 Å². The Bertz CT molecular complexity index is 607. The smallest absolute Gasteiger partial charge is 0.508 e. The summed E-state index contributed by atoms with van der Waals surface area (Å²) in [6, 6.07) is 15.7. The van der Waals surface area contributed by atoms with E-state index in [-0.39, 0.29) is 28.6 Å². The molecule has 2 aromatic carbocycles. The van der Waals surface area contributed by atoms with Gasteiger partial charge in [0, 0.05) is 19.1 Å². The fourth-order valence-electron chi connectivity index (χ4n) is 2.78. The summed E-state index contributed by atoms with van der Waals surface area (Å²) in [4.78, 5) is 2.26. The fraction of sp³-hybridized carbons (Fsp3) is 0.0833. The van der Waals surface area contributed by atoms with Crippen molar-refractivity contribution in [2.45, 2.75) is 13.1 Å². The molecule has 0 amide bonds. The van der Waals surface area contributed by atoms with Gasteiger partial charge in [-0.2, -0.15) is 0 Å². The second-order valence-electron chi connectivity index (χ2n) is 6.29. The van der Waals surface area contributed by atoms with E-state index in [2.05, 4.69) is 17.7 Å². The van der Waals surface area contributed by atoms with Crippen molar-refractivity contribution >= 4 is 0 Å². The molecule has 2 aliphatic rings. The van der Waals surface area contributed by atoms with Gasteiger partial charge in [0.05, 0.1) is 0 Å². The Balaban J connectivity index is 0.000000408. The summed E-state index contributed by atoms with van der Waals surface area (Å²) in [5.41, 5.74) is 2.27. The Kier molecular flexibility index (Phi) is 9.90. The SMILES string of the molecule is Oc1ccc(CN(Cc2ccc(O)cc2)[C]2[CH][CH][CH][CH]2)cc1.[CH]1[CH][CH][CH][CH]1.[Fe+2]. The number of aromatic hydroxyl groups is 2. The molecule has 2 aromatic rings. The molecule has 142 valence electrons. The molecule has 0 aromatic heterocycles. The minimum absolute atomic E-state index is 0. The van der Waals surface area contributed by atoms with Crippen LogP contribution in [-0.4, -0.2) is 15.1 Å². The number of hydrogen-bond acceptors (Lipinski definition) is 3. The molecule has 2 fully saturated rings. The van der Waals surface area contributed by atoms with Crippen LogP contribution in [0.5, 0.6) is 11.5 Å². The molecule has 0 spiro atoms. The van der Waals surface area contributed by atoms with Gasteiger partial charge in [-0.25, -0.2) is 0 Å². The Labute approximate surface area is 180 Å². The van der Waals surface area contributed by atoms with Crippen molar-refractivity contribution in [3.8, 4) is 11.5 Å². The zero-order valence-electron chi connectivity index (χ0n) is 15.4. The van der Waals surface area contributed by atoms with Crippen molar-refractivity contribution in [3.05, 3.63) is 123 Å². The molecule has 4 heteroatoms. The number of phenols is 2. The minimum atomic E-state index is 0. The summed E-state index contributed by atoms with van der Waals surface area (Å²) < 4.78 is 0. The summed E-state index contributed by atoms with van der Waals surface area (Å²) in [6.45, 7) is 1.51. The first-order chi connectivity index (χ1) is 13.2. The van der Waals surface area contributed by atoms with Gasteiger partial charge in [-0.3, -0.25) is 4.90 Å². The molecule has 0 unspecified atom stereocenters. The summed E-state index contributed by atoms with van der Waals surface area (Å²) in [5.74, 6) is 0.560. The monoisotopic (exact) mass is 413 g/mol. The molecule has 10 radical (unpaired) electrons. The van der Waals surface area contributed by atoms with Gasteiger partial charge in [0.1, 0.15) is 11.5 Å². The minimum Gasteiger partial charge on any atom is -0.508 e. The van der Waals surface area contributed by atoms with E-state index in [4.69, 9.17) is 0 Å². The van der Waals surface area contributed by atoms with E-state index < -0.39 is 0 Å². The number of rotatable bonds is 5. The zero-order valence-corrected chi connectivity index (χ0v) is 16.5. The van der Waals surface area contributed by atoms with Crippen molar-refractivity contribution in [2.24, 2.45) is 0 Å². The number of benzene rings is 2. The fourth-order valence-corrected chi connectivity index (χ4v) is 2.78. The van der Waals surface area contributed by atoms with E-state index in [0.29, 0.717) is 0 Å². The molecule has 0 heterocycles. The van der Waals surface area contributed by atoms with Crippen molar-refractivity contribution in [1.82, 2.24) is 4.90 Å². The Hall–Kier alpha value is -1.48. The van der Waals surface area contributed by atoms with Crippen LogP contribution >= 0.6 is 0 Å². The third-order valence-electron chi connectivity index (χ3n) is 4.19. The van der Waals surface area contributed by atoms with E-state index in [1.807, 2.05) is 69.2 Å². The first-order valence-corrected chi connectivity index (χ1v) is 8.90. The predicted octanol–water partition coefficient (Wildman–Crippen LogP) is 4.48. The number of nitrogens with zero attached hydrogens (tertiary/aromatic N) is 1. The van der Waals surface area contributed by atoms with Crippen molar-refractivity contribution in [1.29, 1.82) is 0 Å². The molecule has 0 aliphatic heterocycles. The van der Waals surface area contributed by atoms with E-state index in [1.165, 1.54) is 0 Å². The standard InChI is InChI=1S/C19H18NO2.C5H5.Fe/c21-18-9-5-15(6-10-18)13-20(17-3-1-2-4-17)14-16-7-11-19(22)12-8-16;1-2-4-5-3-1;/h1-12,21-22H,13-14H2;1-5H;/q;;+2. The second-order valence-corrected chi connectivity index (χ2v) is 6.29. The molecule has 4 rings (SSSR count). The van der Waals surface area contributed by atoms with Crippen molar-refractivity contribution < 1.29 is 27.3 Å². The second kappa shape index (κ2) is 12.2. The molecule has 2 saturated carbocycles. The Morgan fingerprint density at radius 1 is 0.536 bits per heavy atom. The molecule has 0 atom stereocenters. The van der Waals surface area contributed by atoms with Crippen LogP contribution < -0.4 is 0 Å². The number of hydrogen-bond donors (Lipinski definition) is 2. The predicted molar refractivity (Wildman–Crippen MR) is 107 cm³/mol. The van der Waals surface area contributed by atoms with Gasteiger partial charge in [-0.05, 0) is 93.2 Å². The van der Waals surface area contributed by atoms with Gasteiger partial charge >= 0.3 is 17.1 Å². The van der Waals surface area contributed by atoms with Crippen LogP contribution in [-0.2, 0) is 30.2 Å².